The van der Waals surface area contributed by atoms with Gasteiger partial charge in [0.25, 0.3) is 0 Å². The third kappa shape index (κ3) is 3.31. The Hall–Kier alpha value is -0.890. The minimum absolute atomic E-state index is 0.284. The van der Waals surface area contributed by atoms with Crippen LogP contribution in [0.3, 0.4) is 0 Å². The Morgan fingerprint density at radius 1 is 1.52 bits per heavy atom. The zero-order valence-corrected chi connectivity index (χ0v) is 14.2. The quantitative estimate of drug-likeness (QED) is 0.894. The molecule has 0 saturated heterocycles. The van der Waals surface area contributed by atoms with E-state index in [4.69, 9.17) is 10.3 Å². The van der Waals surface area contributed by atoms with Gasteiger partial charge in [0.15, 0.2) is 5.82 Å². The first-order valence-corrected chi connectivity index (χ1v) is 8.59. The van der Waals surface area contributed by atoms with Crippen molar-refractivity contribution >= 4 is 27.7 Å². The van der Waals surface area contributed by atoms with Gasteiger partial charge < -0.3 is 10.3 Å². The van der Waals surface area contributed by atoms with Crippen molar-refractivity contribution in [1.82, 2.24) is 15.0 Å². The van der Waals surface area contributed by atoms with Crippen LogP contribution in [0.4, 0.5) is 0 Å². The molecule has 1 aliphatic rings. The third-order valence-corrected chi connectivity index (χ3v) is 5.20. The van der Waals surface area contributed by atoms with Crippen LogP contribution in [-0.4, -0.2) is 27.8 Å². The number of rotatable bonds is 4. The predicted octanol–water partition coefficient (Wildman–Crippen LogP) is 2.96. The average Bonchev–Trinajstić information content (AvgIpc) is 2.94. The van der Waals surface area contributed by atoms with Gasteiger partial charge in [-0.3, -0.25) is 4.90 Å². The molecule has 2 N–H and O–H groups in total. The highest BCUT2D eigenvalue weighted by Gasteiger charge is 2.25. The molecule has 0 amide bonds. The maximum atomic E-state index is 5.50. The van der Waals surface area contributed by atoms with E-state index in [2.05, 4.69) is 56.2 Å². The minimum atomic E-state index is 0.284. The van der Waals surface area contributed by atoms with Crippen LogP contribution in [0.15, 0.2) is 32.1 Å². The van der Waals surface area contributed by atoms with Crippen molar-refractivity contribution in [1.29, 1.82) is 0 Å². The maximum absolute atomic E-state index is 5.50. The molecule has 21 heavy (non-hydrogen) atoms. The van der Waals surface area contributed by atoms with Crippen molar-refractivity contribution in [2.75, 3.05) is 12.8 Å². The topological polar surface area (TPSA) is 68.2 Å². The molecule has 0 fully saturated rings. The molecule has 3 rings (SSSR count). The van der Waals surface area contributed by atoms with Gasteiger partial charge in [-0.1, -0.05) is 21.1 Å². The number of thioether (sulfide) groups is 1. The molecule has 0 aliphatic carbocycles. The summed E-state index contributed by atoms with van der Waals surface area (Å²) in [6.45, 7) is 0.942. The summed E-state index contributed by atoms with van der Waals surface area (Å²) in [5.74, 6) is 2.30. The molecule has 1 unspecified atom stereocenters. The Morgan fingerprint density at radius 2 is 2.38 bits per heavy atom. The lowest BCUT2D eigenvalue weighted by Gasteiger charge is -2.32. The van der Waals surface area contributed by atoms with Crippen LogP contribution in [-0.2, 0) is 13.1 Å². The number of hydrogen-bond acceptors (Lipinski definition) is 6. The van der Waals surface area contributed by atoms with Gasteiger partial charge in [0, 0.05) is 15.4 Å². The molecular weight excluding hydrogens is 352 g/mol. The zero-order valence-electron chi connectivity index (χ0n) is 11.8. The first-order valence-electron chi connectivity index (χ1n) is 6.81. The van der Waals surface area contributed by atoms with Crippen LogP contribution in [0.25, 0.3) is 0 Å². The second-order valence-electron chi connectivity index (χ2n) is 5.06. The highest BCUT2D eigenvalue weighted by molar-refractivity contribution is 9.10. The van der Waals surface area contributed by atoms with E-state index < -0.39 is 0 Å². The minimum Gasteiger partial charge on any atom is -0.338 e. The van der Waals surface area contributed by atoms with Gasteiger partial charge >= 0.3 is 0 Å². The Labute approximate surface area is 136 Å². The van der Waals surface area contributed by atoms with Gasteiger partial charge in [-0.15, -0.1) is 11.8 Å². The van der Waals surface area contributed by atoms with E-state index in [9.17, 15) is 0 Å². The van der Waals surface area contributed by atoms with Crippen LogP contribution >= 0.6 is 27.7 Å². The third-order valence-electron chi connectivity index (χ3n) is 3.59. The van der Waals surface area contributed by atoms with Crippen molar-refractivity contribution < 1.29 is 4.52 Å². The summed E-state index contributed by atoms with van der Waals surface area (Å²) < 4.78 is 6.18. The summed E-state index contributed by atoms with van der Waals surface area (Å²) >= 11 is 5.48. The predicted molar refractivity (Wildman–Crippen MR) is 85.9 cm³/mol. The van der Waals surface area contributed by atoms with Crippen molar-refractivity contribution in [2.45, 2.75) is 30.4 Å². The van der Waals surface area contributed by atoms with Crippen LogP contribution in [0.1, 0.15) is 29.7 Å². The van der Waals surface area contributed by atoms with E-state index in [-0.39, 0.29) is 6.54 Å². The lowest BCUT2D eigenvalue weighted by atomic mass is 10.0. The van der Waals surface area contributed by atoms with Gasteiger partial charge in [0.2, 0.25) is 5.89 Å². The van der Waals surface area contributed by atoms with Gasteiger partial charge in [0.1, 0.15) is 0 Å². The fourth-order valence-corrected chi connectivity index (χ4v) is 4.04. The first kappa shape index (κ1) is 15.0. The Kier molecular flexibility index (Phi) is 4.63. The van der Waals surface area contributed by atoms with E-state index in [0.29, 0.717) is 24.3 Å². The monoisotopic (exact) mass is 368 g/mol. The smallest absolute Gasteiger partial charge is 0.240 e. The highest BCUT2D eigenvalue weighted by atomic mass is 79.9. The number of nitrogens with zero attached hydrogens (tertiary/aromatic N) is 3. The number of fused-ring (bicyclic) bond motifs is 1. The molecule has 5 nitrogen and oxygen atoms in total. The van der Waals surface area contributed by atoms with Crippen LogP contribution < -0.4 is 5.73 Å². The molecular formula is C14H17BrN4OS. The second kappa shape index (κ2) is 6.48. The Bertz CT molecular complexity index is 633. The van der Waals surface area contributed by atoms with Crippen LogP contribution in [0.2, 0.25) is 0 Å². The average molecular weight is 369 g/mol. The number of hydrogen-bond donors (Lipinski definition) is 1. The SMILES string of the molecule is CN(Cc1noc(CN)n1)C1CCSc2ccc(Br)cc21. The van der Waals surface area contributed by atoms with E-state index in [1.54, 1.807) is 0 Å². The molecule has 1 atom stereocenters. The number of nitrogens with two attached hydrogens (primary N) is 1. The molecule has 2 aromatic rings. The van der Waals surface area contributed by atoms with E-state index in [1.165, 1.54) is 10.5 Å². The van der Waals surface area contributed by atoms with E-state index in [0.717, 1.165) is 16.6 Å². The molecule has 0 spiro atoms. The lowest BCUT2D eigenvalue weighted by molar-refractivity contribution is 0.218. The molecule has 7 heteroatoms. The van der Waals surface area contributed by atoms with Crippen LogP contribution in [0.5, 0.6) is 0 Å². The van der Waals surface area contributed by atoms with Gasteiger partial charge in [-0.25, -0.2) is 0 Å². The molecule has 2 heterocycles. The Balaban J connectivity index is 1.79. The second-order valence-corrected chi connectivity index (χ2v) is 7.11. The number of aromatic nitrogens is 2. The molecule has 0 radical (unpaired) electrons. The zero-order chi connectivity index (χ0) is 14.8. The van der Waals surface area contributed by atoms with Crippen LogP contribution in [0, 0.1) is 0 Å². The fraction of sp³-hybridized carbons (Fsp3) is 0.429. The first-order chi connectivity index (χ1) is 10.2. The molecule has 112 valence electrons. The summed E-state index contributed by atoms with van der Waals surface area (Å²) in [6, 6.07) is 6.87. The molecule has 0 bridgehead atoms. The van der Waals surface area contributed by atoms with Crippen molar-refractivity contribution in [2.24, 2.45) is 5.73 Å². The van der Waals surface area contributed by atoms with Gasteiger partial charge in [-0.2, -0.15) is 4.98 Å². The van der Waals surface area contributed by atoms with E-state index in [1.807, 2.05) is 11.8 Å². The number of benzene rings is 1. The fourth-order valence-electron chi connectivity index (χ4n) is 2.58. The summed E-state index contributed by atoms with van der Waals surface area (Å²) in [7, 11) is 2.10. The summed E-state index contributed by atoms with van der Waals surface area (Å²) in [5.41, 5.74) is 6.87. The summed E-state index contributed by atoms with van der Waals surface area (Å²) in [5, 5.41) is 3.97. The van der Waals surface area contributed by atoms with Gasteiger partial charge in [0.05, 0.1) is 13.1 Å². The normalized spacial score (nSPS) is 18.0. The highest BCUT2D eigenvalue weighted by Crippen LogP contribution is 2.40. The molecule has 0 saturated carbocycles. The maximum Gasteiger partial charge on any atom is 0.240 e. The van der Waals surface area contributed by atoms with E-state index >= 15 is 0 Å². The largest absolute Gasteiger partial charge is 0.338 e. The molecule has 1 aromatic carbocycles. The standard InChI is InChI=1S/C14H17BrN4OS/c1-19(8-13-17-14(7-16)20-18-13)11-4-5-21-12-3-2-9(15)6-10(11)12/h2-3,6,11H,4-5,7-8,16H2,1H3. The Morgan fingerprint density at radius 3 is 3.14 bits per heavy atom. The molecule has 1 aromatic heterocycles. The van der Waals surface area contributed by atoms with Crippen molar-refractivity contribution in [3.05, 3.63) is 40.0 Å². The number of halogens is 1. The van der Waals surface area contributed by atoms with Crippen molar-refractivity contribution in [3.8, 4) is 0 Å². The van der Waals surface area contributed by atoms with Crippen molar-refractivity contribution in [3.63, 3.8) is 0 Å². The summed E-state index contributed by atoms with van der Waals surface area (Å²) in [6.07, 6.45) is 1.12. The van der Waals surface area contributed by atoms with Gasteiger partial charge in [-0.05, 0) is 43.0 Å². The lowest BCUT2D eigenvalue weighted by Crippen LogP contribution is -2.27. The summed E-state index contributed by atoms with van der Waals surface area (Å²) in [4.78, 5) is 7.91. The molecule has 1 aliphatic heterocycles.